The molecule has 1 saturated carbocycles. The van der Waals surface area contributed by atoms with Crippen LogP contribution in [0.5, 0.6) is 0 Å². The highest BCUT2D eigenvalue weighted by atomic mass is 16.1. The molecule has 1 aliphatic carbocycles. The van der Waals surface area contributed by atoms with Crippen LogP contribution in [0.3, 0.4) is 0 Å². The summed E-state index contributed by atoms with van der Waals surface area (Å²) in [6, 6.07) is 0.174. The van der Waals surface area contributed by atoms with Crippen LogP contribution in [-0.4, -0.2) is 18.4 Å². The third-order valence-corrected chi connectivity index (χ3v) is 4.40. The van der Waals surface area contributed by atoms with E-state index in [2.05, 4.69) is 26.1 Å². The fraction of sp³-hybridized carbons (Fsp3) is 0.917. The first-order valence-corrected chi connectivity index (χ1v) is 5.89. The first kappa shape index (κ1) is 10.2. The average molecular weight is 195 g/mol. The molecule has 0 amide bonds. The summed E-state index contributed by atoms with van der Waals surface area (Å²) in [5, 5.41) is 3.41. The zero-order valence-electron chi connectivity index (χ0n) is 9.47. The Bertz CT molecular complexity index is 251. The fourth-order valence-corrected chi connectivity index (χ4v) is 2.93. The first-order valence-electron chi connectivity index (χ1n) is 5.89. The Morgan fingerprint density at radius 1 is 1.64 bits per heavy atom. The molecule has 2 rings (SSSR count). The second-order valence-corrected chi connectivity index (χ2v) is 5.19. The van der Waals surface area contributed by atoms with E-state index < -0.39 is 0 Å². The third kappa shape index (κ3) is 1.31. The number of carbonyl (C=O) groups excluding carboxylic acids is 1. The van der Waals surface area contributed by atoms with Crippen molar-refractivity contribution in [2.75, 3.05) is 6.54 Å². The molecule has 0 aromatic rings. The van der Waals surface area contributed by atoms with Crippen LogP contribution >= 0.6 is 0 Å². The molecule has 1 N–H and O–H groups in total. The van der Waals surface area contributed by atoms with E-state index in [-0.39, 0.29) is 12.0 Å². The molecule has 2 heteroatoms. The van der Waals surface area contributed by atoms with E-state index in [0.29, 0.717) is 11.2 Å². The number of ketones is 1. The lowest BCUT2D eigenvalue weighted by atomic mass is 9.86. The molecule has 1 saturated heterocycles. The van der Waals surface area contributed by atoms with Gasteiger partial charge in [-0.1, -0.05) is 20.8 Å². The summed E-state index contributed by atoms with van der Waals surface area (Å²) in [5.41, 5.74) is 0.362. The van der Waals surface area contributed by atoms with Gasteiger partial charge in [-0.3, -0.25) is 4.79 Å². The fourth-order valence-electron chi connectivity index (χ4n) is 2.93. The first-order chi connectivity index (χ1) is 6.62. The number of Topliss-reactive ketones (excluding diaryl/α,β-unsaturated/α-hetero) is 1. The molecule has 1 spiro atoms. The van der Waals surface area contributed by atoms with Crippen LogP contribution in [0.2, 0.25) is 0 Å². The van der Waals surface area contributed by atoms with E-state index in [1.807, 2.05) is 0 Å². The van der Waals surface area contributed by atoms with Crippen molar-refractivity contribution in [2.24, 2.45) is 17.3 Å². The van der Waals surface area contributed by atoms with Gasteiger partial charge in [-0.05, 0) is 37.1 Å². The molecule has 2 nitrogen and oxygen atoms in total. The summed E-state index contributed by atoms with van der Waals surface area (Å²) >= 11 is 0. The molecule has 4 atom stereocenters. The van der Waals surface area contributed by atoms with Gasteiger partial charge in [0.25, 0.3) is 0 Å². The Balaban J connectivity index is 2.07. The maximum absolute atomic E-state index is 12.1. The highest BCUT2D eigenvalue weighted by Crippen LogP contribution is 2.59. The van der Waals surface area contributed by atoms with Crippen molar-refractivity contribution in [2.45, 2.75) is 46.1 Å². The van der Waals surface area contributed by atoms with Gasteiger partial charge in [-0.2, -0.15) is 0 Å². The van der Waals surface area contributed by atoms with Gasteiger partial charge in [0.1, 0.15) is 0 Å². The third-order valence-electron chi connectivity index (χ3n) is 4.40. The summed E-state index contributed by atoms with van der Waals surface area (Å²) in [4.78, 5) is 12.1. The van der Waals surface area contributed by atoms with Crippen LogP contribution in [-0.2, 0) is 4.79 Å². The highest BCUT2D eigenvalue weighted by molar-refractivity contribution is 5.87. The molecule has 2 fully saturated rings. The molecule has 0 aromatic carbocycles. The minimum Gasteiger partial charge on any atom is -0.307 e. The van der Waals surface area contributed by atoms with Crippen LogP contribution in [0.25, 0.3) is 0 Å². The minimum atomic E-state index is 0.174. The van der Waals surface area contributed by atoms with Crippen LogP contribution in [0.4, 0.5) is 0 Å². The summed E-state index contributed by atoms with van der Waals surface area (Å²) in [6.45, 7) is 7.48. The predicted molar refractivity (Wildman–Crippen MR) is 57.1 cm³/mol. The number of carbonyl (C=O) groups is 1. The van der Waals surface area contributed by atoms with Gasteiger partial charge in [0.2, 0.25) is 0 Å². The number of nitrogens with one attached hydrogen (secondary N) is 1. The van der Waals surface area contributed by atoms with E-state index in [4.69, 9.17) is 0 Å². The van der Waals surface area contributed by atoms with Gasteiger partial charge in [-0.15, -0.1) is 0 Å². The van der Waals surface area contributed by atoms with Crippen LogP contribution in [0.1, 0.15) is 40.0 Å². The summed E-state index contributed by atoms with van der Waals surface area (Å²) in [5.74, 6) is 1.44. The summed E-state index contributed by atoms with van der Waals surface area (Å²) in [7, 11) is 0. The molecule has 0 radical (unpaired) electrons. The van der Waals surface area contributed by atoms with Crippen LogP contribution in [0.15, 0.2) is 0 Å². The van der Waals surface area contributed by atoms with E-state index >= 15 is 0 Å². The minimum absolute atomic E-state index is 0.174. The summed E-state index contributed by atoms with van der Waals surface area (Å²) in [6.07, 6.45) is 3.44. The Morgan fingerprint density at radius 3 is 2.79 bits per heavy atom. The largest absolute Gasteiger partial charge is 0.307 e. The van der Waals surface area contributed by atoms with E-state index in [1.165, 1.54) is 12.8 Å². The lowest BCUT2D eigenvalue weighted by Crippen LogP contribution is -2.40. The molecular weight excluding hydrogens is 174 g/mol. The van der Waals surface area contributed by atoms with Gasteiger partial charge >= 0.3 is 0 Å². The van der Waals surface area contributed by atoms with Gasteiger partial charge in [0.15, 0.2) is 5.78 Å². The van der Waals surface area contributed by atoms with Crippen molar-refractivity contribution in [3.8, 4) is 0 Å². The molecule has 0 aromatic heterocycles. The van der Waals surface area contributed by atoms with Gasteiger partial charge in [0, 0.05) is 5.92 Å². The molecule has 1 aliphatic heterocycles. The number of hydrogen-bond donors (Lipinski definition) is 1. The van der Waals surface area contributed by atoms with E-state index in [9.17, 15) is 4.79 Å². The van der Waals surface area contributed by atoms with Gasteiger partial charge in [0.05, 0.1) is 6.04 Å². The number of rotatable bonds is 3. The monoisotopic (exact) mass is 195 g/mol. The second-order valence-electron chi connectivity index (χ2n) is 5.19. The molecule has 80 valence electrons. The van der Waals surface area contributed by atoms with Crippen molar-refractivity contribution < 1.29 is 4.79 Å². The van der Waals surface area contributed by atoms with Crippen molar-refractivity contribution in [3.63, 3.8) is 0 Å². The van der Waals surface area contributed by atoms with Crippen LogP contribution < -0.4 is 5.32 Å². The van der Waals surface area contributed by atoms with Gasteiger partial charge < -0.3 is 5.32 Å². The second kappa shape index (κ2) is 3.34. The summed E-state index contributed by atoms with van der Waals surface area (Å²) < 4.78 is 0. The molecule has 3 unspecified atom stereocenters. The zero-order chi connectivity index (χ0) is 10.3. The highest BCUT2D eigenvalue weighted by Gasteiger charge is 2.60. The number of hydrogen-bond acceptors (Lipinski definition) is 2. The smallest absolute Gasteiger partial charge is 0.153 e. The van der Waals surface area contributed by atoms with Crippen molar-refractivity contribution in [3.05, 3.63) is 0 Å². The Labute approximate surface area is 86.5 Å². The predicted octanol–water partition coefficient (Wildman–Crippen LogP) is 1.99. The maximum Gasteiger partial charge on any atom is 0.153 e. The van der Waals surface area contributed by atoms with Crippen molar-refractivity contribution in [1.29, 1.82) is 0 Å². The van der Waals surface area contributed by atoms with Crippen molar-refractivity contribution in [1.82, 2.24) is 5.32 Å². The zero-order valence-corrected chi connectivity index (χ0v) is 9.47. The maximum atomic E-state index is 12.1. The quantitative estimate of drug-likeness (QED) is 0.746. The standard InChI is InChI=1S/C12H21NO/c1-4-8(2)10(14)11-12(5-6-13-11)7-9(12)3/h8-9,11,13H,4-7H2,1-3H3/t8?,9-,11?,12?/m1/s1. The van der Waals surface area contributed by atoms with E-state index in [0.717, 1.165) is 18.9 Å². The van der Waals surface area contributed by atoms with Crippen LogP contribution in [0, 0.1) is 17.3 Å². The molecule has 14 heavy (non-hydrogen) atoms. The topological polar surface area (TPSA) is 29.1 Å². The van der Waals surface area contributed by atoms with E-state index in [1.54, 1.807) is 0 Å². The lowest BCUT2D eigenvalue weighted by molar-refractivity contribution is -0.125. The molecular formula is C12H21NO. The normalized spacial score (nSPS) is 42.8. The Kier molecular flexibility index (Phi) is 2.42. The average Bonchev–Trinajstić information content (AvgIpc) is 2.64. The molecule has 0 bridgehead atoms. The van der Waals surface area contributed by atoms with Gasteiger partial charge in [-0.25, -0.2) is 0 Å². The lowest BCUT2D eigenvalue weighted by Gasteiger charge is -2.21. The molecule has 1 heterocycles. The molecule has 2 aliphatic rings. The Morgan fingerprint density at radius 2 is 2.29 bits per heavy atom. The Hall–Kier alpha value is -0.370. The SMILES string of the molecule is CCC(C)C(=O)C1NCCC12C[C@H]2C. The van der Waals surface area contributed by atoms with Crippen molar-refractivity contribution >= 4 is 5.78 Å².